The van der Waals surface area contributed by atoms with Gasteiger partial charge in [-0.25, -0.2) is 4.98 Å². The minimum atomic E-state index is 0.124. The summed E-state index contributed by atoms with van der Waals surface area (Å²) in [6.45, 7) is 2.61. The summed E-state index contributed by atoms with van der Waals surface area (Å²) in [5, 5.41) is 3.00. The number of benzene rings is 1. The number of hydrogen-bond donors (Lipinski definition) is 2. The van der Waals surface area contributed by atoms with Crippen LogP contribution in [-0.4, -0.2) is 21.5 Å². The molecule has 1 saturated carbocycles. The average molecular weight is 258 g/mol. The van der Waals surface area contributed by atoms with E-state index in [1.165, 1.54) is 0 Å². The Morgan fingerprint density at radius 3 is 3.05 bits per heavy atom. The van der Waals surface area contributed by atoms with Crippen LogP contribution in [0.25, 0.3) is 11.0 Å². The number of nitrogens with one attached hydrogen (secondary N) is 1. The molecule has 1 aromatic carbocycles. The first-order chi connectivity index (χ1) is 9.13. The van der Waals surface area contributed by atoms with E-state index in [0.717, 1.165) is 29.7 Å². The average Bonchev–Trinajstić information content (AvgIpc) is 3.10. The molecule has 1 heterocycles. The number of rotatable bonds is 4. The van der Waals surface area contributed by atoms with Gasteiger partial charge in [-0.05, 0) is 38.0 Å². The normalized spacial score (nSPS) is 14.8. The van der Waals surface area contributed by atoms with Gasteiger partial charge in [0.1, 0.15) is 5.82 Å². The van der Waals surface area contributed by atoms with Crippen LogP contribution in [0.15, 0.2) is 18.2 Å². The maximum Gasteiger partial charge on any atom is 0.222 e. The number of nitrogens with two attached hydrogens (primary N) is 1. The molecule has 0 unspecified atom stereocenters. The summed E-state index contributed by atoms with van der Waals surface area (Å²) in [5.41, 5.74) is 8.39. The monoisotopic (exact) mass is 258 g/mol. The standard InChI is InChI=1S/C14H18N4O/c1-9-16-12-8-10(15)2-5-13(12)18(9)7-6-14(19)17-11-3-4-11/h2,5,8,11H,3-4,6-7,15H2,1H3,(H,17,19). The summed E-state index contributed by atoms with van der Waals surface area (Å²) >= 11 is 0. The van der Waals surface area contributed by atoms with Crippen LogP contribution in [0.5, 0.6) is 0 Å². The molecule has 3 N–H and O–H groups in total. The van der Waals surface area contributed by atoms with Crippen molar-refractivity contribution in [2.24, 2.45) is 0 Å². The molecule has 0 saturated heterocycles. The lowest BCUT2D eigenvalue weighted by molar-refractivity contribution is -0.121. The highest BCUT2D eigenvalue weighted by Gasteiger charge is 2.23. The van der Waals surface area contributed by atoms with Gasteiger partial charge >= 0.3 is 0 Å². The highest BCUT2D eigenvalue weighted by molar-refractivity contribution is 5.80. The lowest BCUT2D eigenvalue weighted by atomic mass is 10.2. The second kappa shape index (κ2) is 4.57. The lowest BCUT2D eigenvalue weighted by Crippen LogP contribution is -2.26. The Morgan fingerprint density at radius 1 is 1.53 bits per heavy atom. The van der Waals surface area contributed by atoms with Crippen molar-refractivity contribution in [1.29, 1.82) is 0 Å². The van der Waals surface area contributed by atoms with Crippen molar-refractivity contribution in [3.05, 3.63) is 24.0 Å². The van der Waals surface area contributed by atoms with Crippen molar-refractivity contribution in [3.63, 3.8) is 0 Å². The Hall–Kier alpha value is -2.04. The van der Waals surface area contributed by atoms with Crippen LogP contribution < -0.4 is 11.1 Å². The summed E-state index contributed by atoms with van der Waals surface area (Å²) in [6.07, 6.45) is 2.74. The lowest BCUT2D eigenvalue weighted by Gasteiger charge is -2.07. The second-order valence-corrected chi connectivity index (χ2v) is 5.15. The van der Waals surface area contributed by atoms with Gasteiger partial charge in [0.2, 0.25) is 5.91 Å². The van der Waals surface area contributed by atoms with Gasteiger partial charge < -0.3 is 15.6 Å². The fourth-order valence-corrected chi connectivity index (χ4v) is 2.29. The third-order valence-electron chi connectivity index (χ3n) is 3.47. The molecule has 0 radical (unpaired) electrons. The molecule has 0 atom stereocenters. The number of amides is 1. The molecule has 5 heteroatoms. The molecule has 0 aliphatic heterocycles. The molecule has 0 bridgehead atoms. The molecule has 1 aromatic heterocycles. The van der Waals surface area contributed by atoms with E-state index in [-0.39, 0.29) is 5.91 Å². The molecule has 100 valence electrons. The van der Waals surface area contributed by atoms with Gasteiger partial charge in [-0.3, -0.25) is 4.79 Å². The topological polar surface area (TPSA) is 72.9 Å². The quantitative estimate of drug-likeness (QED) is 0.818. The van der Waals surface area contributed by atoms with Gasteiger partial charge in [-0.2, -0.15) is 0 Å². The Labute approximate surface area is 111 Å². The van der Waals surface area contributed by atoms with Gasteiger partial charge in [0, 0.05) is 24.7 Å². The van der Waals surface area contributed by atoms with Gasteiger partial charge in [0.25, 0.3) is 0 Å². The smallest absolute Gasteiger partial charge is 0.222 e. The van der Waals surface area contributed by atoms with Gasteiger partial charge in [-0.15, -0.1) is 0 Å². The Morgan fingerprint density at radius 2 is 2.32 bits per heavy atom. The van der Waals surface area contributed by atoms with Crippen LogP contribution in [0.3, 0.4) is 0 Å². The van der Waals surface area contributed by atoms with Crippen molar-refractivity contribution in [3.8, 4) is 0 Å². The zero-order valence-electron chi connectivity index (χ0n) is 11.0. The molecule has 5 nitrogen and oxygen atoms in total. The maximum atomic E-state index is 11.7. The van der Waals surface area contributed by atoms with E-state index in [9.17, 15) is 4.79 Å². The highest BCUT2D eigenvalue weighted by Crippen LogP contribution is 2.20. The summed E-state index contributed by atoms with van der Waals surface area (Å²) < 4.78 is 2.07. The number of anilines is 1. The number of nitrogens with zero attached hydrogens (tertiary/aromatic N) is 2. The van der Waals surface area contributed by atoms with Crippen LogP contribution in [0, 0.1) is 6.92 Å². The summed E-state index contributed by atoms with van der Waals surface area (Å²) in [6, 6.07) is 6.12. The van der Waals surface area contributed by atoms with Crippen LogP contribution in [0.2, 0.25) is 0 Å². The van der Waals surface area contributed by atoms with Gasteiger partial charge in [0.15, 0.2) is 0 Å². The molecule has 1 fully saturated rings. The van der Waals surface area contributed by atoms with Gasteiger partial charge in [-0.1, -0.05) is 0 Å². The molecule has 0 spiro atoms. The van der Waals surface area contributed by atoms with Crippen LogP contribution >= 0.6 is 0 Å². The largest absolute Gasteiger partial charge is 0.399 e. The fraction of sp³-hybridized carbons (Fsp3) is 0.429. The van der Waals surface area contributed by atoms with E-state index in [1.54, 1.807) is 0 Å². The predicted octanol–water partition coefficient (Wildman–Crippen LogP) is 1.60. The number of imidazole rings is 1. The van der Waals surface area contributed by atoms with Crippen LogP contribution in [0.4, 0.5) is 5.69 Å². The van der Waals surface area contributed by atoms with Crippen molar-refractivity contribution < 1.29 is 4.79 Å². The predicted molar refractivity (Wildman–Crippen MR) is 74.7 cm³/mol. The number of hydrogen-bond acceptors (Lipinski definition) is 3. The van der Waals surface area contributed by atoms with Crippen LogP contribution in [0.1, 0.15) is 25.1 Å². The number of aromatic nitrogens is 2. The number of nitrogen functional groups attached to an aromatic ring is 1. The van der Waals surface area contributed by atoms with Crippen molar-refractivity contribution in [1.82, 2.24) is 14.9 Å². The van der Waals surface area contributed by atoms with E-state index < -0.39 is 0 Å². The molecule has 1 aliphatic carbocycles. The summed E-state index contributed by atoms with van der Waals surface area (Å²) in [7, 11) is 0. The van der Waals surface area contributed by atoms with E-state index in [1.807, 2.05) is 25.1 Å². The van der Waals surface area contributed by atoms with E-state index >= 15 is 0 Å². The molecule has 1 amide bonds. The minimum absolute atomic E-state index is 0.124. The molecule has 3 rings (SSSR count). The molecular formula is C14H18N4O. The molecule has 19 heavy (non-hydrogen) atoms. The zero-order chi connectivity index (χ0) is 13.4. The zero-order valence-corrected chi connectivity index (χ0v) is 11.0. The first kappa shape index (κ1) is 12.0. The second-order valence-electron chi connectivity index (χ2n) is 5.15. The first-order valence-electron chi connectivity index (χ1n) is 6.65. The van der Waals surface area contributed by atoms with E-state index in [2.05, 4.69) is 14.9 Å². The summed E-state index contributed by atoms with van der Waals surface area (Å²) in [4.78, 5) is 16.2. The van der Waals surface area contributed by atoms with Crippen molar-refractivity contribution in [2.45, 2.75) is 38.8 Å². The molecule has 1 aliphatic rings. The number of fused-ring (bicyclic) bond motifs is 1. The Kier molecular flexibility index (Phi) is 2.89. The minimum Gasteiger partial charge on any atom is -0.399 e. The third kappa shape index (κ3) is 2.54. The van der Waals surface area contributed by atoms with E-state index in [0.29, 0.717) is 24.7 Å². The van der Waals surface area contributed by atoms with Crippen LogP contribution in [-0.2, 0) is 11.3 Å². The fourth-order valence-electron chi connectivity index (χ4n) is 2.29. The highest BCUT2D eigenvalue weighted by atomic mass is 16.1. The van der Waals surface area contributed by atoms with Crippen molar-refractivity contribution >= 4 is 22.6 Å². The number of carbonyl (C=O) groups is 1. The van der Waals surface area contributed by atoms with Gasteiger partial charge in [0.05, 0.1) is 11.0 Å². The Balaban J connectivity index is 1.76. The number of aryl methyl sites for hydroxylation is 2. The van der Waals surface area contributed by atoms with Crippen molar-refractivity contribution in [2.75, 3.05) is 5.73 Å². The van der Waals surface area contributed by atoms with E-state index in [4.69, 9.17) is 5.73 Å². The molecular weight excluding hydrogens is 240 g/mol. The number of carbonyl (C=O) groups excluding carboxylic acids is 1. The SMILES string of the molecule is Cc1nc2cc(N)ccc2n1CCC(=O)NC1CC1. The Bertz CT molecular complexity index is 628. The summed E-state index contributed by atoms with van der Waals surface area (Å²) in [5.74, 6) is 1.04. The molecule has 2 aromatic rings. The first-order valence-corrected chi connectivity index (χ1v) is 6.65. The maximum absolute atomic E-state index is 11.7. The third-order valence-corrected chi connectivity index (χ3v) is 3.47.